The maximum absolute atomic E-state index is 12.5. The van der Waals surface area contributed by atoms with Crippen molar-refractivity contribution in [3.05, 3.63) is 40.5 Å². The van der Waals surface area contributed by atoms with Crippen LogP contribution < -0.4 is 5.73 Å². The lowest BCUT2D eigenvalue weighted by molar-refractivity contribution is -0.149. The van der Waals surface area contributed by atoms with Gasteiger partial charge in [0, 0.05) is 5.41 Å². The first-order valence-electron chi connectivity index (χ1n) is 8.69. The van der Waals surface area contributed by atoms with E-state index in [1.54, 1.807) is 0 Å². The van der Waals surface area contributed by atoms with Crippen molar-refractivity contribution < 1.29 is 4.79 Å². The highest BCUT2D eigenvalue weighted by Crippen LogP contribution is 2.76. The van der Waals surface area contributed by atoms with Gasteiger partial charge in [0.1, 0.15) is 0 Å². The summed E-state index contributed by atoms with van der Waals surface area (Å²) in [4.78, 5) is 12.5. The summed E-state index contributed by atoms with van der Waals surface area (Å²) in [6.07, 6.45) is 9.29. The number of hydrogen-bond donors (Lipinski definition) is 1. The maximum Gasteiger partial charge on any atom is 0.224 e. The Morgan fingerprint density at radius 2 is 2.05 bits per heavy atom. The van der Waals surface area contributed by atoms with Gasteiger partial charge in [0.25, 0.3) is 0 Å². The Bertz CT molecular complexity index is 733. The number of amides is 1. The van der Waals surface area contributed by atoms with E-state index in [0.29, 0.717) is 11.8 Å². The van der Waals surface area contributed by atoms with Crippen LogP contribution in [0.15, 0.2) is 23.8 Å². The zero-order chi connectivity index (χ0) is 15.1. The molecule has 5 rings (SSSR count). The molecule has 114 valence electrons. The monoisotopic (exact) mass is 293 g/mol. The molecular formula is C20H23NO. The van der Waals surface area contributed by atoms with Crippen LogP contribution in [0.5, 0.6) is 0 Å². The van der Waals surface area contributed by atoms with Crippen LogP contribution >= 0.6 is 0 Å². The number of carbonyl (C=O) groups excluding carboxylic acids is 1. The van der Waals surface area contributed by atoms with E-state index in [9.17, 15) is 4.79 Å². The van der Waals surface area contributed by atoms with Crippen molar-refractivity contribution in [2.45, 2.75) is 50.9 Å². The Morgan fingerprint density at radius 3 is 2.77 bits per heavy atom. The number of primary amides is 1. The van der Waals surface area contributed by atoms with E-state index >= 15 is 0 Å². The van der Waals surface area contributed by atoms with Crippen molar-refractivity contribution in [3.8, 4) is 0 Å². The molecule has 1 aromatic rings. The predicted molar refractivity (Wildman–Crippen MR) is 87.2 cm³/mol. The molecule has 0 aromatic heterocycles. The van der Waals surface area contributed by atoms with Gasteiger partial charge in [-0.15, -0.1) is 0 Å². The summed E-state index contributed by atoms with van der Waals surface area (Å²) in [5.74, 6) is 1.17. The molecule has 4 aliphatic carbocycles. The Kier molecular flexibility index (Phi) is 2.26. The fourth-order valence-electron chi connectivity index (χ4n) is 6.74. The standard InChI is InChI=1S/C20H23NO/c1-12-9-13-3-2-4-17(16(13)10-12)19-7-8-20(19,18(21)22)15-6-5-14(19)11-15/h2-4,10,14-15H,5-9,11H2,1H3,(H2,21,22). The van der Waals surface area contributed by atoms with Crippen LogP contribution in [0.1, 0.15) is 55.7 Å². The normalized spacial score (nSPS) is 40.9. The molecule has 0 radical (unpaired) electrons. The Balaban J connectivity index is 1.76. The Labute approximate surface area is 131 Å². The zero-order valence-corrected chi connectivity index (χ0v) is 13.2. The first-order chi connectivity index (χ1) is 10.6. The summed E-state index contributed by atoms with van der Waals surface area (Å²) in [5, 5.41) is 0. The van der Waals surface area contributed by atoms with Gasteiger partial charge in [-0.3, -0.25) is 4.79 Å². The number of fused-ring (bicyclic) bond motifs is 6. The molecule has 4 atom stereocenters. The second kappa shape index (κ2) is 3.84. The van der Waals surface area contributed by atoms with Gasteiger partial charge in [-0.1, -0.05) is 29.8 Å². The topological polar surface area (TPSA) is 43.1 Å². The van der Waals surface area contributed by atoms with Gasteiger partial charge in [-0.2, -0.15) is 0 Å². The van der Waals surface area contributed by atoms with Gasteiger partial charge < -0.3 is 5.73 Å². The summed E-state index contributed by atoms with van der Waals surface area (Å²) in [6, 6.07) is 6.75. The number of benzene rings is 1. The van der Waals surface area contributed by atoms with Crippen molar-refractivity contribution in [3.63, 3.8) is 0 Å². The van der Waals surface area contributed by atoms with Crippen molar-refractivity contribution in [2.24, 2.45) is 23.0 Å². The van der Waals surface area contributed by atoms with Crippen LogP contribution in [0, 0.1) is 17.3 Å². The average molecular weight is 293 g/mol. The highest BCUT2D eigenvalue weighted by Gasteiger charge is 2.75. The van der Waals surface area contributed by atoms with Gasteiger partial charge in [0.15, 0.2) is 0 Å². The molecule has 1 amide bonds. The van der Waals surface area contributed by atoms with E-state index in [4.69, 9.17) is 5.73 Å². The highest BCUT2D eigenvalue weighted by molar-refractivity contribution is 5.87. The minimum Gasteiger partial charge on any atom is -0.369 e. The van der Waals surface area contributed by atoms with E-state index in [2.05, 4.69) is 31.2 Å². The second-order valence-corrected chi connectivity index (χ2v) is 8.06. The summed E-state index contributed by atoms with van der Waals surface area (Å²) in [6.45, 7) is 2.21. The SMILES string of the molecule is CC1=Cc2c(cccc2C23CCC2(C(N)=O)C2CCC3C2)C1. The van der Waals surface area contributed by atoms with Gasteiger partial charge in [-0.25, -0.2) is 0 Å². The molecule has 2 nitrogen and oxygen atoms in total. The molecule has 4 unspecified atom stereocenters. The maximum atomic E-state index is 12.5. The first-order valence-corrected chi connectivity index (χ1v) is 8.69. The van der Waals surface area contributed by atoms with Crippen molar-refractivity contribution in [1.82, 2.24) is 0 Å². The largest absolute Gasteiger partial charge is 0.369 e. The number of rotatable bonds is 2. The molecule has 0 spiro atoms. The third-order valence-corrected chi connectivity index (χ3v) is 7.51. The van der Waals surface area contributed by atoms with Gasteiger partial charge >= 0.3 is 0 Å². The molecule has 3 saturated carbocycles. The van der Waals surface area contributed by atoms with E-state index in [-0.39, 0.29) is 16.7 Å². The van der Waals surface area contributed by atoms with Crippen LogP contribution in [0.3, 0.4) is 0 Å². The van der Waals surface area contributed by atoms with Gasteiger partial charge in [0.05, 0.1) is 5.41 Å². The quantitative estimate of drug-likeness (QED) is 0.890. The van der Waals surface area contributed by atoms with Gasteiger partial charge in [0.2, 0.25) is 5.91 Å². The minimum atomic E-state index is -0.241. The van der Waals surface area contributed by atoms with Crippen LogP contribution in [0.2, 0.25) is 0 Å². The molecule has 0 aliphatic heterocycles. The summed E-state index contributed by atoms with van der Waals surface area (Å²) < 4.78 is 0. The molecule has 2 heteroatoms. The first kappa shape index (κ1) is 12.9. The van der Waals surface area contributed by atoms with Crippen LogP contribution in [0.25, 0.3) is 6.08 Å². The van der Waals surface area contributed by atoms with E-state index in [1.165, 1.54) is 41.5 Å². The smallest absolute Gasteiger partial charge is 0.224 e. The zero-order valence-electron chi connectivity index (χ0n) is 13.2. The van der Waals surface area contributed by atoms with Crippen LogP contribution in [0.4, 0.5) is 0 Å². The lowest BCUT2D eigenvalue weighted by Gasteiger charge is -2.61. The average Bonchev–Trinajstić information content (AvgIpc) is 3.08. The molecule has 0 heterocycles. The third kappa shape index (κ3) is 1.16. The molecule has 1 aromatic carbocycles. The second-order valence-electron chi connectivity index (χ2n) is 8.06. The van der Waals surface area contributed by atoms with E-state index in [1.807, 2.05) is 0 Å². The van der Waals surface area contributed by atoms with E-state index in [0.717, 1.165) is 19.3 Å². The van der Waals surface area contributed by atoms with Crippen molar-refractivity contribution >= 4 is 12.0 Å². The molecule has 22 heavy (non-hydrogen) atoms. The fraction of sp³-hybridized carbons (Fsp3) is 0.550. The Morgan fingerprint density at radius 1 is 1.23 bits per heavy atom. The number of nitrogens with two attached hydrogens (primary N) is 1. The molecule has 4 aliphatic rings. The van der Waals surface area contributed by atoms with Gasteiger partial charge in [-0.05, 0) is 74.0 Å². The molecular weight excluding hydrogens is 270 g/mol. The summed E-state index contributed by atoms with van der Waals surface area (Å²) >= 11 is 0. The molecule has 2 N–H and O–H groups in total. The van der Waals surface area contributed by atoms with E-state index < -0.39 is 0 Å². The molecule has 3 fully saturated rings. The number of allylic oxidation sites excluding steroid dienone is 1. The van der Waals surface area contributed by atoms with Crippen molar-refractivity contribution in [2.75, 3.05) is 0 Å². The lowest BCUT2D eigenvalue weighted by Crippen LogP contribution is -2.64. The Hall–Kier alpha value is -1.57. The fourth-order valence-corrected chi connectivity index (χ4v) is 6.74. The molecule has 2 bridgehead atoms. The molecule has 0 saturated heterocycles. The number of carbonyl (C=O) groups is 1. The van der Waals surface area contributed by atoms with Crippen molar-refractivity contribution in [1.29, 1.82) is 0 Å². The lowest BCUT2D eigenvalue weighted by atomic mass is 9.41. The highest BCUT2D eigenvalue weighted by atomic mass is 16.1. The number of hydrogen-bond acceptors (Lipinski definition) is 1. The predicted octanol–water partition coefficient (Wildman–Crippen LogP) is 3.58. The minimum absolute atomic E-state index is 0.0257. The van der Waals surface area contributed by atoms with Crippen LogP contribution in [-0.4, -0.2) is 5.91 Å². The summed E-state index contributed by atoms with van der Waals surface area (Å²) in [5.41, 5.74) is 11.5. The van der Waals surface area contributed by atoms with Crippen LogP contribution in [-0.2, 0) is 16.6 Å². The third-order valence-electron chi connectivity index (χ3n) is 7.51. The summed E-state index contributed by atoms with van der Waals surface area (Å²) in [7, 11) is 0.